The summed E-state index contributed by atoms with van der Waals surface area (Å²) in [5.41, 5.74) is 3.52. The molecule has 0 radical (unpaired) electrons. The molecule has 1 aliphatic rings. The molecule has 3 heterocycles. The highest BCUT2D eigenvalue weighted by molar-refractivity contribution is 6.34. The fourth-order valence-electron chi connectivity index (χ4n) is 3.16. The van der Waals surface area contributed by atoms with Crippen LogP contribution in [0.25, 0.3) is 10.9 Å². The number of hydrogen-bond acceptors (Lipinski definition) is 4. The molecule has 2 aromatic heterocycles. The van der Waals surface area contributed by atoms with Crippen LogP contribution >= 0.6 is 11.6 Å². The second-order valence-corrected chi connectivity index (χ2v) is 6.82. The first-order valence-corrected chi connectivity index (χ1v) is 9.04. The molecule has 8 heteroatoms. The molecule has 1 aromatic carbocycles. The average molecular weight is 374 g/mol. The second-order valence-electron chi connectivity index (χ2n) is 6.41. The van der Waals surface area contributed by atoms with Crippen LogP contribution in [0.5, 0.6) is 0 Å². The van der Waals surface area contributed by atoms with E-state index in [4.69, 9.17) is 16.1 Å². The van der Waals surface area contributed by atoms with Crippen LogP contribution in [-0.2, 0) is 13.1 Å². The summed E-state index contributed by atoms with van der Waals surface area (Å²) in [6, 6.07) is 7.67. The number of nitrogens with zero attached hydrogens (tertiary/aromatic N) is 2. The Morgan fingerprint density at radius 3 is 2.88 bits per heavy atom. The van der Waals surface area contributed by atoms with Gasteiger partial charge in [-0.2, -0.15) is 0 Å². The fraction of sp³-hybridized carbons (Fsp3) is 0.333. The van der Waals surface area contributed by atoms with E-state index in [1.807, 2.05) is 23.1 Å². The monoisotopic (exact) mass is 373 g/mol. The van der Waals surface area contributed by atoms with Crippen molar-refractivity contribution in [1.29, 1.82) is 0 Å². The normalized spacial score (nSPS) is 14.1. The van der Waals surface area contributed by atoms with Gasteiger partial charge >= 0.3 is 6.03 Å². The van der Waals surface area contributed by atoms with Crippen LogP contribution < -0.4 is 10.6 Å². The number of halogens is 1. The molecule has 0 unspecified atom stereocenters. The topological polar surface area (TPSA) is 86.2 Å². The van der Waals surface area contributed by atoms with Gasteiger partial charge in [-0.05, 0) is 31.0 Å². The molecule has 1 saturated heterocycles. The minimum Gasteiger partial charge on any atom is -0.378 e. The summed E-state index contributed by atoms with van der Waals surface area (Å²) in [4.78, 5) is 17.3. The highest BCUT2D eigenvalue weighted by atomic mass is 35.5. The molecular formula is C18H20ClN5O2. The molecule has 4 rings (SSSR count). The van der Waals surface area contributed by atoms with E-state index in [9.17, 15) is 4.79 Å². The summed E-state index contributed by atoms with van der Waals surface area (Å²) in [6.45, 7) is 2.67. The molecule has 26 heavy (non-hydrogen) atoms. The molecule has 0 aliphatic carbocycles. The van der Waals surface area contributed by atoms with Crippen molar-refractivity contribution in [2.45, 2.75) is 25.9 Å². The lowest BCUT2D eigenvalue weighted by atomic mass is 10.2. The number of fused-ring (bicyclic) bond motifs is 1. The second kappa shape index (κ2) is 7.29. The number of aromatic amines is 1. The number of rotatable bonds is 5. The van der Waals surface area contributed by atoms with Gasteiger partial charge in [0.1, 0.15) is 12.0 Å². The highest BCUT2D eigenvalue weighted by Crippen LogP contribution is 2.29. The third-order valence-corrected chi connectivity index (χ3v) is 4.85. The highest BCUT2D eigenvalue weighted by Gasteiger charge is 2.17. The largest absolute Gasteiger partial charge is 0.378 e. The number of likely N-dealkylation sites (tertiary alicyclic amines) is 1. The summed E-state index contributed by atoms with van der Waals surface area (Å²) in [7, 11) is 0. The van der Waals surface area contributed by atoms with Crippen molar-refractivity contribution >= 4 is 34.2 Å². The van der Waals surface area contributed by atoms with E-state index in [-0.39, 0.29) is 6.03 Å². The van der Waals surface area contributed by atoms with Crippen LogP contribution in [0.15, 0.2) is 35.1 Å². The van der Waals surface area contributed by atoms with Gasteiger partial charge in [-0.3, -0.25) is 0 Å². The average Bonchev–Trinajstić information content (AvgIpc) is 3.38. The molecule has 0 atom stereocenters. The van der Waals surface area contributed by atoms with Gasteiger partial charge in [0.25, 0.3) is 0 Å². The van der Waals surface area contributed by atoms with E-state index in [2.05, 4.69) is 20.8 Å². The number of amides is 2. The minimum absolute atomic E-state index is 0.00541. The first-order chi connectivity index (χ1) is 12.7. The lowest BCUT2D eigenvalue weighted by molar-refractivity contribution is 0.208. The third kappa shape index (κ3) is 3.62. The molecule has 1 fully saturated rings. The summed E-state index contributed by atoms with van der Waals surface area (Å²) < 4.78 is 4.82. The summed E-state index contributed by atoms with van der Waals surface area (Å²) in [5, 5.41) is 11.7. The van der Waals surface area contributed by atoms with Crippen LogP contribution in [0.2, 0.25) is 5.02 Å². The van der Waals surface area contributed by atoms with Gasteiger partial charge in [0.05, 0.1) is 23.8 Å². The molecule has 1 aliphatic heterocycles. The molecule has 136 valence electrons. The van der Waals surface area contributed by atoms with Crippen molar-refractivity contribution in [3.8, 4) is 0 Å². The Kier molecular flexibility index (Phi) is 4.71. The van der Waals surface area contributed by atoms with Gasteiger partial charge in [0, 0.05) is 35.8 Å². The van der Waals surface area contributed by atoms with Crippen LogP contribution in [0.1, 0.15) is 24.2 Å². The van der Waals surface area contributed by atoms with Crippen LogP contribution in [0.4, 0.5) is 10.5 Å². The van der Waals surface area contributed by atoms with Gasteiger partial charge < -0.3 is 25.0 Å². The molecule has 0 saturated carbocycles. The summed E-state index contributed by atoms with van der Waals surface area (Å²) >= 11 is 6.37. The lowest BCUT2D eigenvalue weighted by Crippen LogP contribution is -2.37. The molecular weight excluding hydrogens is 354 g/mol. The number of hydrogen-bond donors (Lipinski definition) is 3. The smallest absolute Gasteiger partial charge is 0.317 e. The van der Waals surface area contributed by atoms with E-state index in [0.29, 0.717) is 18.1 Å². The van der Waals surface area contributed by atoms with Gasteiger partial charge in [-0.1, -0.05) is 16.8 Å². The number of anilines is 1. The molecule has 0 bridgehead atoms. The maximum atomic E-state index is 12.1. The third-order valence-electron chi connectivity index (χ3n) is 4.54. The zero-order chi connectivity index (χ0) is 17.9. The fourth-order valence-corrected chi connectivity index (χ4v) is 3.40. The predicted molar refractivity (Wildman–Crippen MR) is 100 cm³/mol. The quantitative estimate of drug-likeness (QED) is 0.636. The van der Waals surface area contributed by atoms with Crippen LogP contribution in [0, 0.1) is 0 Å². The number of urea groups is 1. The Labute approximate surface area is 155 Å². The number of carbonyl (C=O) groups is 1. The first-order valence-electron chi connectivity index (χ1n) is 8.66. The van der Waals surface area contributed by atoms with E-state index in [1.165, 1.54) is 6.26 Å². The zero-order valence-electron chi connectivity index (χ0n) is 14.2. The maximum Gasteiger partial charge on any atom is 0.317 e. The first kappa shape index (κ1) is 16.8. The summed E-state index contributed by atoms with van der Waals surface area (Å²) in [5.74, 6) is 0. The van der Waals surface area contributed by atoms with Gasteiger partial charge in [-0.25, -0.2) is 4.79 Å². The van der Waals surface area contributed by atoms with E-state index < -0.39 is 0 Å². The van der Waals surface area contributed by atoms with Crippen molar-refractivity contribution in [2.75, 3.05) is 18.4 Å². The van der Waals surface area contributed by atoms with Gasteiger partial charge in [0.2, 0.25) is 0 Å². The molecule has 3 aromatic rings. The van der Waals surface area contributed by atoms with Crippen molar-refractivity contribution in [3.05, 3.63) is 46.9 Å². The van der Waals surface area contributed by atoms with Gasteiger partial charge in [-0.15, -0.1) is 0 Å². The Hall–Kier alpha value is -2.67. The van der Waals surface area contributed by atoms with Crippen LogP contribution in [-0.4, -0.2) is 34.2 Å². The van der Waals surface area contributed by atoms with E-state index in [1.54, 1.807) is 6.07 Å². The van der Waals surface area contributed by atoms with Crippen molar-refractivity contribution in [1.82, 2.24) is 20.4 Å². The summed E-state index contributed by atoms with van der Waals surface area (Å²) in [6.07, 6.45) is 3.71. The number of H-pyrrole nitrogens is 1. The van der Waals surface area contributed by atoms with Crippen molar-refractivity contribution in [3.63, 3.8) is 0 Å². The maximum absolute atomic E-state index is 12.1. The number of benzene rings is 1. The number of carbonyl (C=O) groups excluding carboxylic acids is 1. The lowest BCUT2D eigenvalue weighted by Gasteiger charge is -2.15. The Bertz CT molecular complexity index is 900. The van der Waals surface area contributed by atoms with E-state index >= 15 is 0 Å². The van der Waals surface area contributed by atoms with Crippen molar-refractivity contribution in [2.24, 2.45) is 0 Å². The molecule has 3 N–H and O–H groups in total. The Morgan fingerprint density at radius 2 is 2.12 bits per heavy atom. The standard InChI is InChI=1S/C18H20ClN5O2/c19-15-8-12-7-14(11-21-18(25)24-4-1-2-5-24)22-16(12)9-17(15)20-10-13-3-6-26-23-13/h3,6-9,20,22H,1-2,4-5,10-11H2,(H,21,25). The number of nitrogens with one attached hydrogen (secondary N) is 3. The molecule has 2 amide bonds. The molecule has 7 nitrogen and oxygen atoms in total. The van der Waals surface area contributed by atoms with Gasteiger partial charge in [0.15, 0.2) is 0 Å². The van der Waals surface area contributed by atoms with Crippen LogP contribution in [0.3, 0.4) is 0 Å². The Morgan fingerprint density at radius 1 is 1.27 bits per heavy atom. The predicted octanol–water partition coefficient (Wildman–Crippen LogP) is 3.73. The van der Waals surface area contributed by atoms with Crippen molar-refractivity contribution < 1.29 is 9.32 Å². The zero-order valence-corrected chi connectivity index (χ0v) is 15.0. The van der Waals surface area contributed by atoms with E-state index in [0.717, 1.165) is 53.9 Å². The number of aromatic nitrogens is 2. The SMILES string of the molecule is O=C(NCc1cc2cc(Cl)c(NCc3ccon3)cc2[nH]1)N1CCCC1. The Balaban J connectivity index is 1.43. The minimum atomic E-state index is -0.00541. The molecule has 0 spiro atoms.